The Morgan fingerprint density at radius 1 is 0.864 bits per heavy atom. The normalized spacial score (nSPS) is 12.4. The molecule has 0 fully saturated rings. The molecular weight excluding hydrogens is 272 g/mol. The smallest absolute Gasteiger partial charge is 0.0668 e. The van der Waals surface area contributed by atoms with Crippen LogP contribution in [-0.2, 0) is 0 Å². The van der Waals surface area contributed by atoms with Crippen LogP contribution in [0.4, 0.5) is 34.1 Å². The van der Waals surface area contributed by atoms with E-state index in [4.69, 9.17) is 0 Å². The first-order chi connectivity index (χ1) is 10.4. The standard InChI is InChI=1S/C18H24N4/c1-12-9-15-18(11-16(12)21(4)5)22(6)17-10-13(20(2)3)7-8-14(17)19-15/h7-11,19H,1-6H3. The number of aryl methyl sites for hydroxylation is 1. The molecule has 0 aliphatic carbocycles. The summed E-state index contributed by atoms with van der Waals surface area (Å²) in [7, 11) is 10.4. The molecule has 22 heavy (non-hydrogen) atoms. The zero-order chi connectivity index (χ0) is 16.0. The highest BCUT2D eigenvalue weighted by Crippen LogP contribution is 2.45. The van der Waals surface area contributed by atoms with Crippen LogP contribution in [0.5, 0.6) is 0 Å². The molecule has 1 aliphatic heterocycles. The topological polar surface area (TPSA) is 21.8 Å². The van der Waals surface area contributed by atoms with E-state index in [2.05, 4.69) is 92.5 Å². The van der Waals surface area contributed by atoms with Gasteiger partial charge in [-0.3, -0.25) is 0 Å². The van der Waals surface area contributed by atoms with Crippen LogP contribution >= 0.6 is 0 Å². The molecule has 2 aromatic rings. The van der Waals surface area contributed by atoms with Crippen LogP contribution in [0.25, 0.3) is 0 Å². The Bertz CT molecular complexity index is 719. The van der Waals surface area contributed by atoms with Crippen molar-refractivity contribution in [2.24, 2.45) is 0 Å². The zero-order valence-electron chi connectivity index (χ0n) is 14.2. The van der Waals surface area contributed by atoms with Gasteiger partial charge in [0.2, 0.25) is 0 Å². The SMILES string of the molecule is Cc1cc2c(cc1N(C)C)N(C)c1cc(N(C)C)ccc1N2. The number of anilines is 6. The van der Waals surface area contributed by atoms with Gasteiger partial charge in [0, 0.05) is 46.6 Å². The summed E-state index contributed by atoms with van der Waals surface area (Å²) in [5, 5.41) is 3.57. The van der Waals surface area contributed by atoms with Gasteiger partial charge < -0.3 is 20.0 Å². The monoisotopic (exact) mass is 296 g/mol. The van der Waals surface area contributed by atoms with Gasteiger partial charge in [0.05, 0.1) is 22.7 Å². The van der Waals surface area contributed by atoms with Gasteiger partial charge in [0.25, 0.3) is 0 Å². The average Bonchev–Trinajstić information content (AvgIpc) is 2.46. The summed E-state index contributed by atoms with van der Waals surface area (Å²) >= 11 is 0. The first-order valence-corrected chi connectivity index (χ1v) is 7.52. The summed E-state index contributed by atoms with van der Waals surface area (Å²) < 4.78 is 0. The highest BCUT2D eigenvalue weighted by molar-refractivity contribution is 5.94. The molecule has 116 valence electrons. The minimum Gasteiger partial charge on any atom is -0.378 e. The Morgan fingerprint density at radius 3 is 2.18 bits per heavy atom. The molecule has 1 heterocycles. The second-order valence-corrected chi connectivity index (χ2v) is 6.33. The van der Waals surface area contributed by atoms with Crippen LogP contribution in [0.2, 0.25) is 0 Å². The fraction of sp³-hybridized carbons (Fsp3) is 0.333. The lowest BCUT2D eigenvalue weighted by Crippen LogP contribution is -2.20. The van der Waals surface area contributed by atoms with E-state index in [9.17, 15) is 0 Å². The number of nitrogens with zero attached hydrogens (tertiary/aromatic N) is 3. The zero-order valence-corrected chi connectivity index (χ0v) is 14.2. The Morgan fingerprint density at radius 2 is 1.55 bits per heavy atom. The van der Waals surface area contributed by atoms with Crippen molar-refractivity contribution in [2.75, 3.05) is 55.3 Å². The van der Waals surface area contributed by atoms with Crippen molar-refractivity contribution in [3.63, 3.8) is 0 Å². The molecule has 0 aromatic heterocycles. The molecule has 1 aliphatic rings. The molecular formula is C18H24N4. The van der Waals surface area contributed by atoms with Crippen molar-refractivity contribution in [1.29, 1.82) is 0 Å². The molecule has 0 radical (unpaired) electrons. The summed E-state index contributed by atoms with van der Waals surface area (Å²) in [6, 6.07) is 11.0. The van der Waals surface area contributed by atoms with Crippen LogP contribution in [0.3, 0.4) is 0 Å². The quantitative estimate of drug-likeness (QED) is 0.905. The Labute approximate surface area is 133 Å². The van der Waals surface area contributed by atoms with Gasteiger partial charge in [-0.05, 0) is 42.8 Å². The molecule has 4 nitrogen and oxygen atoms in total. The first-order valence-electron chi connectivity index (χ1n) is 7.52. The van der Waals surface area contributed by atoms with E-state index in [0.29, 0.717) is 0 Å². The van der Waals surface area contributed by atoms with Crippen molar-refractivity contribution in [1.82, 2.24) is 0 Å². The minimum atomic E-state index is 1.15. The second-order valence-electron chi connectivity index (χ2n) is 6.33. The Hall–Kier alpha value is -2.36. The highest BCUT2D eigenvalue weighted by atomic mass is 15.2. The van der Waals surface area contributed by atoms with Gasteiger partial charge in [0.15, 0.2) is 0 Å². The van der Waals surface area contributed by atoms with Gasteiger partial charge in [0.1, 0.15) is 0 Å². The molecule has 0 saturated carbocycles. The molecule has 0 spiro atoms. The summed E-state index contributed by atoms with van der Waals surface area (Å²) in [6.45, 7) is 2.15. The number of nitrogens with one attached hydrogen (secondary N) is 1. The van der Waals surface area contributed by atoms with Crippen molar-refractivity contribution >= 4 is 34.1 Å². The minimum absolute atomic E-state index is 1.15. The maximum absolute atomic E-state index is 3.57. The van der Waals surface area contributed by atoms with Crippen LogP contribution in [0.15, 0.2) is 30.3 Å². The average molecular weight is 296 g/mol. The van der Waals surface area contributed by atoms with Gasteiger partial charge in [-0.2, -0.15) is 0 Å². The summed E-state index contributed by atoms with van der Waals surface area (Å²) in [5.41, 5.74) is 8.45. The van der Waals surface area contributed by atoms with Gasteiger partial charge in [-0.1, -0.05) is 0 Å². The summed E-state index contributed by atoms with van der Waals surface area (Å²) in [6.07, 6.45) is 0. The third kappa shape index (κ3) is 2.25. The predicted molar refractivity (Wildman–Crippen MR) is 97.6 cm³/mol. The molecule has 0 saturated heterocycles. The van der Waals surface area contributed by atoms with Gasteiger partial charge in [-0.25, -0.2) is 0 Å². The number of fused-ring (bicyclic) bond motifs is 2. The lowest BCUT2D eigenvalue weighted by Gasteiger charge is -2.33. The molecule has 0 atom stereocenters. The number of hydrogen-bond donors (Lipinski definition) is 1. The largest absolute Gasteiger partial charge is 0.378 e. The van der Waals surface area contributed by atoms with Gasteiger partial charge in [-0.15, -0.1) is 0 Å². The van der Waals surface area contributed by atoms with E-state index in [1.54, 1.807) is 0 Å². The predicted octanol–water partition coefficient (Wildman–Crippen LogP) is 3.95. The third-order valence-corrected chi connectivity index (χ3v) is 4.29. The Balaban J connectivity index is 2.11. The lowest BCUT2D eigenvalue weighted by molar-refractivity contribution is 1.10. The molecule has 0 unspecified atom stereocenters. The van der Waals surface area contributed by atoms with E-state index < -0.39 is 0 Å². The van der Waals surface area contributed by atoms with Crippen LogP contribution in [0.1, 0.15) is 5.56 Å². The van der Waals surface area contributed by atoms with E-state index in [-0.39, 0.29) is 0 Å². The van der Waals surface area contributed by atoms with Crippen LogP contribution in [-0.4, -0.2) is 35.2 Å². The number of hydrogen-bond acceptors (Lipinski definition) is 4. The van der Waals surface area contributed by atoms with E-state index in [0.717, 1.165) is 11.4 Å². The van der Waals surface area contributed by atoms with E-state index in [1.807, 2.05) is 0 Å². The number of rotatable bonds is 2. The van der Waals surface area contributed by atoms with Crippen molar-refractivity contribution in [2.45, 2.75) is 6.92 Å². The molecule has 1 N–H and O–H groups in total. The van der Waals surface area contributed by atoms with Gasteiger partial charge >= 0.3 is 0 Å². The maximum Gasteiger partial charge on any atom is 0.0668 e. The van der Waals surface area contributed by atoms with Crippen molar-refractivity contribution in [3.8, 4) is 0 Å². The first kappa shape index (κ1) is 14.6. The van der Waals surface area contributed by atoms with E-state index in [1.165, 1.54) is 28.3 Å². The molecule has 0 amide bonds. The molecule has 0 bridgehead atoms. The fourth-order valence-electron chi connectivity index (χ4n) is 3.00. The summed E-state index contributed by atoms with van der Waals surface area (Å²) in [4.78, 5) is 6.56. The third-order valence-electron chi connectivity index (χ3n) is 4.29. The van der Waals surface area contributed by atoms with Crippen molar-refractivity contribution in [3.05, 3.63) is 35.9 Å². The maximum atomic E-state index is 3.57. The summed E-state index contributed by atoms with van der Waals surface area (Å²) in [5.74, 6) is 0. The van der Waals surface area contributed by atoms with Crippen LogP contribution < -0.4 is 20.0 Å². The highest BCUT2D eigenvalue weighted by Gasteiger charge is 2.21. The Kier molecular flexibility index (Phi) is 3.39. The molecule has 4 heteroatoms. The molecule has 3 rings (SSSR count). The second kappa shape index (κ2) is 5.13. The van der Waals surface area contributed by atoms with Crippen molar-refractivity contribution < 1.29 is 0 Å². The number of benzene rings is 2. The van der Waals surface area contributed by atoms with Crippen LogP contribution in [0, 0.1) is 6.92 Å². The van der Waals surface area contributed by atoms with E-state index >= 15 is 0 Å². The lowest BCUT2D eigenvalue weighted by atomic mass is 10.1. The fourth-order valence-corrected chi connectivity index (χ4v) is 3.00. The molecule has 2 aromatic carbocycles.